The monoisotopic (exact) mass is 380 g/mol. The first-order chi connectivity index (χ1) is 13.1. The molecule has 0 saturated heterocycles. The SMILES string of the molecule is CC(C)(C)c1cc2c(cn1)C(=O)NC2.CC(C)(C)c1cc2c(cn1)NCCC2. The lowest BCUT2D eigenvalue weighted by molar-refractivity contribution is 0.0965. The van der Waals surface area contributed by atoms with Crippen molar-refractivity contribution in [1.82, 2.24) is 15.3 Å². The summed E-state index contributed by atoms with van der Waals surface area (Å²) in [4.78, 5) is 20.1. The van der Waals surface area contributed by atoms with Crippen LogP contribution >= 0.6 is 0 Å². The number of fused-ring (bicyclic) bond motifs is 2. The summed E-state index contributed by atoms with van der Waals surface area (Å²) in [5.41, 5.74) is 6.87. The summed E-state index contributed by atoms with van der Waals surface area (Å²) in [5.74, 6) is -0.00652. The van der Waals surface area contributed by atoms with E-state index in [1.54, 1.807) is 6.20 Å². The predicted octanol–water partition coefficient (Wildman–Crippen LogP) is 4.36. The smallest absolute Gasteiger partial charge is 0.253 e. The number of aromatic nitrogens is 2. The van der Waals surface area contributed by atoms with Crippen molar-refractivity contribution in [3.05, 3.63) is 52.6 Å². The summed E-state index contributed by atoms with van der Waals surface area (Å²) in [7, 11) is 0. The fourth-order valence-electron chi connectivity index (χ4n) is 3.30. The van der Waals surface area contributed by atoms with Gasteiger partial charge in [0.1, 0.15) is 0 Å². The molecule has 2 aliphatic heterocycles. The minimum absolute atomic E-state index is 0.00652. The maximum absolute atomic E-state index is 11.3. The molecule has 0 spiro atoms. The van der Waals surface area contributed by atoms with Crippen molar-refractivity contribution in [2.24, 2.45) is 0 Å². The standard InChI is InChI=1S/C12H18N2.C11H14N2O/c1-12(2,3)11-7-9-5-4-6-13-10(9)8-14-11;1-11(2,3)9-4-7-5-13-10(14)8(7)6-12-9/h7-8,13H,4-6H2,1-3H3;4,6H,5H2,1-3H3,(H,13,14). The first-order valence-corrected chi connectivity index (χ1v) is 10.1. The number of pyridine rings is 2. The zero-order chi connectivity index (χ0) is 20.5. The van der Waals surface area contributed by atoms with E-state index in [1.807, 2.05) is 12.3 Å². The Morgan fingerprint density at radius 2 is 1.46 bits per heavy atom. The van der Waals surface area contributed by atoms with Crippen molar-refractivity contribution in [2.75, 3.05) is 11.9 Å². The number of carbonyl (C=O) groups excluding carboxylic acids is 1. The van der Waals surface area contributed by atoms with Gasteiger partial charge in [0.05, 0.1) is 17.4 Å². The quantitative estimate of drug-likeness (QED) is 0.713. The minimum atomic E-state index is -0.00652. The summed E-state index contributed by atoms with van der Waals surface area (Å²) >= 11 is 0. The summed E-state index contributed by atoms with van der Waals surface area (Å²) in [6, 6.07) is 4.27. The van der Waals surface area contributed by atoms with Crippen LogP contribution in [0.2, 0.25) is 0 Å². The normalized spacial score (nSPS) is 15.6. The van der Waals surface area contributed by atoms with E-state index in [2.05, 4.69) is 68.2 Å². The molecule has 0 bridgehead atoms. The van der Waals surface area contributed by atoms with Crippen molar-refractivity contribution < 1.29 is 4.79 Å². The Morgan fingerprint density at radius 3 is 2.11 bits per heavy atom. The third-order valence-electron chi connectivity index (χ3n) is 5.14. The number of hydrogen-bond donors (Lipinski definition) is 2. The third-order valence-corrected chi connectivity index (χ3v) is 5.14. The van der Waals surface area contributed by atoms with Crippen molar-refractivity contribution in [3.63, 3.8) is 0 Å². The number of amides is 1. The van der Waals surface area contributed by atoms with Gasteiger partial charge in [0.2, 0.25) is 0 Å². The molecule has 2 aromatic rings. The van der Waals surface area contributed by atoms with E-state index in [0.717, 1.165) is 23.4 Å². The highest BCUT2D eigenvalue weighted by Gasteiger charge is 2.23. The molecule has 28 heavy (non-hydrogen) atoms. The number of hydrogen-bond acceptors (Lipinski definition) is 4. The van der Waals surface area contributed by atoms with Crippen molar-refractivity contribution in [1.29, 1.82) is 0 Å². The Hall–Kier alpha value is -2.43. The van der Waals surface area contributed by atoms with Crippen LogP contribution in [-0.2, 0) is 23.8 Å². The lowest BCUT2D eigenvalue weighted by Gasteiger charge is -2.22. The first kappa shape index (κ1) is 20.3. The van der Waals surface area contributed by atoms with Gasteiger partial charge in [-0.3, -0.25) is 14.8 Å². The number of aryl methyl sites for hydroxylation is 1. The lowest BCUT2D eigenvalue weighted by atomic mass is 9.89. The van der Waals surface area contributed by atoms with Crippen molar-refractivity contribution >= 4 is 11.6 Å². The second-order valence-corrected chi connectivity index (χ2v) is 9.67. The first-order valence-electron chi connectivity index (χ1n) is 10.1. The summed E-state index contributed by atoms with van der Waals surface area (Å²) in [5, 5.41) is 6.16. The van der Waals surface area contributed by atoms with Crippen LogP contribution in [0, 0.1) is 0 Å². The van der Waals surface area contributed by atoms with E-state index < -0.39 is 0 Å². The molecule has 2 aliphatic rings. The fourth-order valence-corrected chi connectivity index (χ4v) is 3.30. The molecule has 5 nitrogen and oxygen atoms in total. The molecular formula is C23H32N4O. The fraction of sp³-hybridized carbons (Fsp3) is 0.522. The molecule has 2 aromatic heterocycles. The predicted molar refractivity (Wildman–Crippen MR) is 114 cm³/mol. The number of nitrogens with zero attached hydrogens (tertiary/aromatic N) is 2. The molecule has 0 radical (unpaired) electrons. The zero-order valence-corrected chi connectivity index (χ0v) is 17.9. The highest BCUT2D eigenvalue weighted by molar-refractivity contribution is 5.97. The Bertz CT molecular complexity index is 875. The molecule has 4 rings (SSSR count). The van der Waals surface area contributed by atoms with Gasteiger partial charge in [-0.2, -0.15) is 0 Å². The van der Waals surface area contributed by atoms with Gasteiger partial charge in [-0.25, -0.2) is 0 Å². The molecule has 1 amide bonds. The van der Waals surface area contributed by atoms with Crippen molar-refractivity contribution in [3.8, 4) is 0 Å². The molecule has 0 aromatic carbocycles. The molecule has 4 heterocycles. The largest absolute Gasteiger partial charge is 0.384 e. The van der Waals surface area contributed by atoms with Gasteiger partial charge in [-0.15, -0.1) is 0 Å². The van der Waals surface area contributed by atoms with Gasteiger partial charge >= 0.3 is 0 Å². The number of anilines is 1. The van der Waals surface area contributed by atoms with Gasteiger partial charge in [-0.05, 0) is 36.1 Å². The van der Waals surface area contributed by atoms with Gasteiger partial charge < -0.3 is 10.6 Å². The molecule has 5 heteroatoms. The van der Waals surface area contributed by atoms with E-state index >= 15 is 0 Å². The summed E-state index contributed by atoms with van der Waals surface area (Å²) in [6.07, 6.45) is 6.09. The average Bonchev–Trinajstić information content (AvgIpc) is 3.01. The Labute approximate surface area is 168 Å². The molecular weight excluding hydrogens is 348 g/mol. The highest BCUT2D eigenvalue weighted by atomic mass is 16.1. The van der Waals surface area contributed by atoms with E-state index in [-0.39, 0.29) is 16.7 Å². The zero-order valence-electron chi connectivity index (χ0n) is 17.9. The average molecular weight is 381 g/mol. The van der Waals surface area contributed by atoms with Crippen LogP contribution in [0.15, 0.2) is 24.5 Å². The van der Waals surface area contributed by atoms with Crippen LogP contribution in [0.1, 0.15) is 80.8 Å². The van der Waals surface area contributed by atoms with Gasteiger partial charge in [0.15, 0.2) is 0 Å². The molecule has 0 unspecified atom stereocenters. The maximum Gasteiger partial charge on any atom is 0.253 e. The van der Waals surface area contributed by atoms with Gasteiger partial charge in [0, 0.05) is 41.5 Å². The van der Waals surface area contributed by atoms with Crippen LogP contribution in [0.25, 0.3) is 0 Å². The Balaban J connectivity index is 0.000000161. The van der Waals surface area contributed by atoms with Crippen LogP contribution in [-0.4, -0.2) is 22.4 Å². The Kier molecular flexibility index (Phi) is 5.46. The summed E-state index contributed by atoms with van der Waals surface area (Å²) < 4.78 is 0. The molecule has 0 fully saturated rings. The van der Waals surface area contributed by atoms with Gasteiger partial charge in [0.25, 0.3) is 5.91 Å². The van der Waals surface area contributed by atoms with Crippen molar-refractivity contribution in [2.45, 2.75) is 71.8 Å². The highest BCUT2D eigenvalue weighted by Crippen LogP contribution is 2.27. The van der Waals surface area contributed by atoms with E-state index in [9.17, 15) is 4.79 Å². The third kappa shape index (κ3) is 4.51. The van der Waals surface area contributed by atoms with Crippen LogP contribution in [0.3, 0.4) is 0 Å². The number of nitrogens with one attached hydrogen (secondary N) is 2. The van der Waals surface area contributed by atoms with E-state index in [1.165, 1.54) is 29.8 Å². The second-order valence-electron chi connectivity index (χ2n) is 9.67. The second kappa shape index (κ2) is 7.53. The molecule has 2 N–H and O–H groups in total. The van der Waals surface area contributed by atoms with Crippen LogP contribution in [0.4, 0.5) is 5.69 Å². The molecule has 0 aliphatic carbocycles. The van der Waals surface area contributed by atoms with E-state index in [4.69, 9.17) is 0 Å². The molecule has 0 atom stereocenters. The minimum Gasteiger partial charge on any atom is -0.384 e. The Morgan fingerprint density at radius 1 is 0.857 bits per heavy atom. The lowest BCUT2D eigenvalue weighted by Crippen LogP contribution is -2.17. The molecule has 0 saturated carbocycles. The maximum atomic E-state index is 11.3. The van der Waals surface area contributed by atoms with Crippen LogP contribution < -0.4 is 10.6 Å². The topological polar surface area (TPSA) is 66.9 Å². The number of rotatable bonds is 0. The number of carbonyl (C=O) groups is 1. The molecule has 150 valence electrons. The van der Waals surface area contributed by atoms with Gasteiger partial charge in [-0.1, -0.05) is 41.5 Å². The van der Waals surface area contributed by atoms with Crippen LogP contribution in [0.5, 0.6) is 0 Å². The van der Waals surface area contributed by atoms with E-state index in [0.29, 0.717) is 6.54 Å². The summed E-state index contributed by atoms with van der Waals surface area (Å²) in [6.45, 7) is 14.7.